The van der Waals surface area contributed by atoms with Crippen molar-refractivity contribution in [1.82, 2.24) is 9.13 Å². The molecule has 0 aliphatic rings. The van der Waals surface area contributed by atoms with E-state index in [0.29, 0.717) is 0 Å². The molecule has 52 heavy (non-hydrogen) atoms. The normalized spacial score (nSPS) is 12.2. The van der Waals surface area contributed by atoms with Gasteiger partial charge in [-0.1, -0.05) is 84.9 Å². The first-order valence-corrected chi connectivity index (χ1v) is 19.3. The van der Waals surface area contributed by atoms with Gasteiger partial charge in [-0.3, -0.25) is 0 Å². The van der Waals surface area contributed by atoms with Crippen LogP contribution in [-0.4, -0.2) is 9.13 Å². The first kappa shape index (κ1) is 28.5. The molecule has 0 amide bonds. The van der Waals surface area contributed by atoms with Crippen LogP contribution in [0.3, 0.4) is 0 Å². The van der Waals surface area contributed by atoms with Gasteiger partial charge < -0.3 is 9.13 Å². The van der Waals surface area contributed by atoms with Gasteiger partial charge in [-0.25, -0.2) is 0 Å². The van der Waals surface area contributed by atoms with E-state index in [1.807, 2.05) is 22.7 Å². The molecule has 242 valence electrons. The lowest BCUT2D eigenvalue weighted by Crippen LogP contribution is -1.93. The number of fused-ring (bicyclic) bond motifs is 12. The zero-order valence-electron chi connectivity index (χ0n) is 27.9. The van der Waals surface area contributed by atoms with Crippen LogP contribution in [0.25, 0.3) is 106 Å². The molecule has 0 fully saturated rings. The van der Waals surface area contributed by atoms with Gasteiger partial charge in [0, 0.05) is 73.3 Å². The minimum Gasteiger partial charge on any atom is -0.309 e. The van der Waals surface area contributed by atoms with Crippen LogP contribution in [0.4, 0.5) is 0 Å². The van der Waals surface area contributed by atoms with Crippen LogP contribution in [-0.2, 0) is 0 Å². The van der Waals surface area contributed by atoms with Gasteiger partial charge in [-0.15, -0.1) is 22.7 Å². The van der Waals surface area contributed by atoms with Crippen LogP contribution >= 0.6 is 22.7 Å². The van der Waals surface area contributed by atoms with Crippen molar-refractivity contribution >= 4 is 107 Å². The average Bonchev–Trinajstić information content (AvgIpc) is 3.94. The first-order chi connectivity index (χ1) is 25.8. The van der Waals surface area contributed by atoms with Gasteiger partial charge in [0.1, 0.15) is 0 Å². The standard InChI is InChI=1S/C48H28N2S2/c1-5-13-41-33(9-1)34-10-2-6-14-42(34)49(41)31-19-23-47-39(27-31)37-25-29(17-21-45(37)51-47)30-18-22-46-38(26-30)40-28-32(20-24-48(40)52-46)50-43-15-7-3-11-35(43)36-12-4-8-16-44(36)50/h1-28H. The molecule has 0 unspecified atom stereocenters. The lowest BCUT2D eigenvalue weighted by atomic mass is 10.0. The number of hydrogen-bond donors (Lipinski definition) is 0. The van der Waals surface area contributed by atoms with E-state index in [0.717, 1.165) is 0 Å². The molecule has 4 heteroatoms. The highest BCUT2D eigenvalue weighted by molar-refractivity contribution is 7.26. The van der Waals surface area contributed by atoms with Crippen molar-refractivity contribution in [3.63, 3.8) is 0 Å². The van der Waals surface area contributed by atoms with Crippen molar-refractivity contribution in [2.75, 3.05) is 0 Å². The summed E-state index contributed by atoms with van der Waals surface area (Å²) in [4.78, 5) is 0. The maximum absolute atomic E-state index is 2.42. The molecule has 0 saturated heterocycles. The van der Waals surface area contributed by atoms with Crippen LogP contribution in [0.1, 0.15) is 0 Å². The second kappa shape index (κ2) is 10.7. The van der Waals surface area contributed by atoms with Crippen LogP contribution < -0.4 is 0 Å². The molecule has 2 nitrogen and oxygen atoms in total. The molecule has 0 saturated carbocycles. The molecule has 12 aromatic rings. The van der Waals surface area contributed by atoms with Crippen molar-refractivity contribution in [1.29, 1.82) is 0 Å². The molecule has 0 bridgehead atoms. The Bertz CT molecular complexity index is 3090. The van der Waals surface area contributed by atoms with Crippen molar-refractivity contribution in [2.45, 2.75) is 0 Å². The topological polar surface area (TPSA) is 9.86 Å². The maximum Gasteiger partial charge on any atom is 0.0541 e. The summed E-state index contributed by atoms with van der Waals surface area (Å²) >= 11 is 3.75. The number of thiophene rings is 2. The largest absolute Gasteiger partial charge is 0.309 e. The Morgan fingerprint density at radius 2 is 0.577 bits per heavy atom. The third kappa shape index (κ3) is 3.99. The van der Waals surface area contributed by atoms with Gasteiger partial charge in [0.15, 0.2) is 0 Å². The number of para-hydroxylation sites is 4. The van der Waals surface area contributed by atoms with Crippen molar-refractivity contribution in [3.05, 3.63) is 170 Å². The lowest BCUT2D eigenvalue weighted by Gasteiger charge is -2.09. The number of hydrogen-bond acceptors (Lipinski definition) is 2. The summed E-state index contributed by atoms with van der Waals surface area (Å²) in [6.07, 6.45) is 0. The summed E-state index contributed by atoms with van der Waals surface area (Å²) in [5, 5.41) is 10.4. The van der Waals surface area contributed by atoms with Gasteiger partial charge >= 0.3 is 0 Å². The third-order valence-electron chi connectivity index (χ3n) is 10.9. The quantitative estimate of drug-likeness (QED) is 0.174. The molecule has 0 spiro atoms. The van der Waals surface area contributed by atoms with Crippen molar-refractivity contribution < 1.29 is 0 Å². The second-order valence-corrected chi connectivity index (χ2v) is 15.9. The van der Waals surface area contributed by atoms with E-state index in [1.165, 1.54) is 106 Å². The fourth-order valence-electron chi connectivity index (χ4n) is 8.57. The molecule has 4 heterocycles. The Labute approximate surface area is 306 Å². The van der Waals surface area contributed by atoms with Gasteiger partial charge in [0.05, 0.1) is 22.1 Å². The molecule has 0 atom stereocenters. The van der Waals surface area contributed by atoms with Crippen LogP contribution in [0.2, 0.25) is 0 Å². The highest BCUT2D eigenvalue weighted by atomic mass is 32.1. The van der Waals surface area contributed by atoms with E-state index in [1.54, 1.807) is 0 Å². The van der Waals surface area contributed by atoms with E-state index in [-0.39, 0.29) is 0 Å². The summed E-state index contributed by atoms with van der Waals surface area (Å²) < 4.78 is 10.1. The van der Waals surface area contributed by atoms with E-state index in [9.17, 15) is 0 Å². The van der Waals surface area contributed by atoms with Crippen LogP contribution in [0.5, 0.6) is 0 Å². The predicted molar refractivity (Wildman–Crippen MR) is 226 cm³/mol. The zero-order valence-corrected chi connectivity index (χ0v) is 29.5. The summed E-state index contributed by atoms with van der Waals surface area (Å²) in [6, 6.07) is 63.0. The Morgan fingerprint density at radius 1 is 0.269 bits per heavy atom. The number of nitrogens with zero attached hydrogens (tertiary/aromatic N) is 2. The highest BCUT2D eigenvalue weighted by Gasteiger charge is 2.16. The number of rotatable bonds is 3. The molecule has 12 rings (SSSR count). The molecule has 0 aliphatic carbocycles. The van der Waals surface area contributed by atoms with Crippen molar-refractivity contribution in [3.8, 4) is 22.5 Å². The Morgan fingerprint density at radius 3 is 0.942 bits per heavy atom. The van der Waals surface area contributed by atoms with Gasteiger partial charge in [-0.2, -0.15) is 0 Å². The average molecular weight is 697 g/mol. The highest BCUT2D eigenvalue weighted by Crippen LogP contribution is 2.42. The SMILES string of the molecule is c1ccc2c(c1)c1ccccc1n2-c1ccc2sc3ccc(-c4ccc5sc6ccc(-n7c8ccccc8c8ccccc87)cc6c5c4)cc3c2c1. The van der Waals surface area contributed by atoms with Crippen molar-refractivity contribution in [2.24, 2.45) is 0 Å². The molecule has 8 aromatic carbocycles. The third-order valence-corrected chi connectivity index (χ3v) is 13.2. The molecule has 0 aliphatic heterocycles. The fraction of sp³-hybridized carbons (Fsp3) is 0. The fourth-order valence-corrected chi connectivity index (χ4v) is 10.7. The number of aromatic nitrogens is 2. The van der Waals surface area contributed by atoms with Crippen LogP contribution in [0, 0.1) is 0 Å². The summed E-state index contributed by atoms with van der Waals surface area (Å²) in [5.74, 6) is 0. The summed E-state index contributed by atoms with van der Waals surface area (Å²) in [6.45, 7) is 0. The second-order valence-electron chi connectivity index (χ2n) is 13.7. The Hall–Kier alpha value is -6.20. The van der Waals surface area contributed by atoms with E-state index < -0.39 is 0 Å². The van der Waals surface area contributed by atoms with Gasteiger partial charge in [-0.05, 0) is 96.1 Å². The zero-order chi connectivity index (χ0) is 33.9. The van der Waals surface area contributed by atoms with Gasteiger partial charge in [0.25, 0.3) is 0 Å². The van der Waals surface area contributed by atoms with Gasteiger partial charge in [0.2, 0.25) is 0 Å². The van der Waals surface area contributed by atoms with E-state index in [2.05, 4.69) is 179 Å². The minimum absolute atomic E-state index is 1.19. The molecular formula is C48H28N2S2. The maximum atomic E-state index is 2.42. The minimum atomic E-state index is 1.19. The molecule has 0 N–H and O–H groups in total. The smallest absolute Gasteiger partial charge is 0.0541 e. The molecule has 4 aromatic heterocycles. The lowest BCUT2D eigenvalue weighted by molar-refractivity contribution is 1.19. The Kier molecular flexibility index (Phi) is 5.84. The van der Waals surface area contributed by atoms with E-state index >= 15 is 0 Å². The number of benzene rings is 8. The predicted octanol–water partition coefficient (Wildman–Crippen LogP) is 14.3. The molecule has 0 radical (unpaired) electrons. The molecular weight excluding hydrogens is 669 g/mol. The summed E-state index contributed by atoms with van der Waals surface area (Å²) in [5.41, 5.74) is 9.83. The van der Waals surface area contributed by atoms with Crippen LogP contribution in [0.15, 0.2) is 170 Å². The Balaban J connectivity index is 1.02. The summed E-state index contributed by atoms with van der Waals surface area (Å²) in [7, 11) is 0. The monoisotopic (exact) mass is 696 g/mol. The van der Waals surface area contributed by atoms with E-state index in [4.69, 9.17) is 0 Å². The first-order valence-electron chi connectivity index (χ1n) is 17.7.